The van der Waals surface area contributed by atoms with Gasteiger partial charge in [0, 0.05) is 7.05 Å². The van der Waals surface area contributed by atoms with Crippen LogP contribution in [0.3, 0.4) is 0 Å². The third kappa shape index (κ3) is 2.55. The Kier molecular flexibility index (Phi) is 3.27. The minimum Gasteiger partial charge on any atom is -0.261 e. The molecule has 7 heteroatoms. The van der Waals surface area contributed by atoms with Crippen LogP contribution in [0.15, 0.2) is 41.9 Å². The molecule has 0 fully saturated rings. The standard InChI is InChI=1S/C14H11N7/c1-21-14-12(8-19-21)13(16-9-17-14)20-18-7-11-4-2-10(6-15)3-5-11/h2-5,7-9H,1H3,(H,16,17,20). The quantitative estimate of drug-likeness (QED) is 0.581. The molecule has 0 aliphatic carbocycles. The first-order valence-corrected chi connectivity index (χ1v) is 6.20. The zero-order valence-electron chi connectivity index (χ0n) is 11.2. The van der Waals surface area contributed by atoms with Crippen molar-refractivity contribution in [3.63, 3.8) is 0 Å². The lowest BCUT2D eigenvalue weighted by atomic mass is 10.2. The van der Waals surface area contributed by atoms with Gasteiger partial charge in [0.15, 0.2) is 11.5 Å². The van der Waals surface area contributed by atoms with Gasteiger partial charge >= 0.3 is 0 Å². The lowest BCUT2D eigenvalue weighted by Crippen LogP contribution is -1.97. The lowest BCUT2D eigenvalue weighted by molar-refractivity contribution is 0.785. The summed E-state index contributed by atoms with van der Waals surface area (Å²) in [6, 6.07) is 9.20. The van der Waals surface area contributed by atoms with Crippen molar-refractivity contribution in [3.05, 3.63) is 47.9 Å². The lowest BCUT2D eigenvalue weighted by Gasteiger charge is -2.00. The molecular weight excluding hydrogens is 266 g/mol. The fraction of sp³-hybridized carbons (Fsp3) is 0.0714. The molecule has 0 radical (unpaired) electrons. The smallest absolute Gasteiger partial charge is 0.163 e. The summed E-state index contributed by atoms with van der Waals surface area (Å²) in [5, 5.41) is 17.8. The molecule has 0 amide bonds. The Morgan fingerprint density at radius 3 is 2.86 bits per heavy atom. The van der Waals surface area contributed by atoms with Gasteiger partial charge in [-0.2, -0.15) is 15.5 Å². The Hall–Kier alpha value is -3.27. The van der Waals surface area contributed by atoms with Crippen LogP contribution in [0, 0.1) is 11.3 Å². The molecule has 2 heterocycles. The number of hydrogen-bond acceptors (Lipinski definition) is 6. The van der Waals surface area contributed by atoms with E-state index in [0.717, 1.165) is 16.6 Å². The zero-order valence-corrected chi connectivity index (χ0v) is 11.2. The van der Waals surface area contributed by atoms with Crippen LogP contribution in [0.1, 0.15) is 11.1 Å². The summed E-state index contributed by atoms with van der Waals surface area (Å²) in [4.78, 5) is 8.30. The van der Waals surface area contributed by atoms with Gasteiger partial charge in [-0.25, -0.2) is 9.97 Å². The van der Waals surface area contributed by atoms with Gasteiger partial charge in [0.25, 0.3) is 0 Å². The summed E-state index contributed by atoms with van der Waals surface area (Å²) in [7, 11) is 1.82. The number of aryl methyl sites for hydroxylation is 1. The molecule has 2 aromatic heterocycles. The van der Waals surface area contributed by atoms with Crippen molar-refractivity contribution in [2.75, 3.05) is 5.43 Å². The highest BCUT2D eigenvalue weighted by atomic mass is 15.3. The third-order valence-corrected chi connectivity index (χ3v) is 2.95. The Morgan fingerprint density at radius 2 is 2.10 bits per heavy atom. The topological polar surface area (TPSA) is 91.8 Å². The van der Waals surface area contributed by atoms with Crippen molar-refractivity contribution in [1.82, 2.24) is 19.7 Å². The van der Waals surface area contributed by atoms with Gasteiger partial charge in [-0.05, 0) is 17.7 Å². The molecule has 1 aromatic carbocycles. The molecule has 3 aromatic rings. The third-order valence-electron chi connectivity index (χ3n) is 2.95. The largest absolute Gasteiger partial charge is 0.261 e. The van der Waals surface area contributed by atoms with Crippen LogP contribution in [0.4, 0.5) is 5.82 Å². The maximum absolute atomic E-state index is 8.74. The molecule has 21 heavy (non-hydrogen) atoms. The van der Waals surface area contributed by atoms with Gasteiger partial charge in [0.2, 0.25) is 0 Å². The first-order valence-electron chi connectivity index (χ1n) is 6.20. The van der Waals surface area contributed by atoms with Gasteiger partial charge in [0.05, 0.1) is 29.4 Å². The molecule has 0 unspecified atom stereocenters. The molecule has 1 N–H and O–H groups in total. The number of nitrogens with one attached hydrogen (secondary N) is 1. The van der Waals surface area contributed by atoms with Crippen molar-refractivity contribution in [2.24, 2.45) is 12.1 Å². The van der Waals surface area contributed by atoms with Crippen LogP contribution in [0.25, 0.3) is 11.0 Å². The number of hydrogen-bond donors (Lipinski definition) is 1. The van der Waals surface area contributed by atoms with Gasteiger partial charge < -0.3 is 0 Å². The highest BCUT2D eigenvalue weighted by Crippen LogP contribution is 2.17. The van der Waals surface area contributed by atoms with Gasteiger partial charge in [-0.1, -0.05) is 12.1 Å². The van der Waals surface area contributed by atoms with Crippen molar-refractivity contribution >= 4 is 23.1 Å². The second-order valence-corrected chi connectivity index (χ2v) is 4.33. The summed E-state index contributed by atoms with van der Waals surface area (Å²) in [6.45, 7) is 0. The van der Waals surface area contributed by atoms with E-state index in [9.17, 15) is 0 Å². The van der Waals surface area contributed by atoms with E-state index in [-0.39, 0.29) is 0 Å². The number of fused-ring (bicyclic) bond motifs is 1. The van der Waals surface area contributed by atoms with E-state index < -0.39 is 0 Å². The number of nitriles is 1. The van der Waals surface area contributed by atoms with Crippen molar-refractivity contribution in [1.29, 1.82) is 5.26 Å². The van der Waals surface area contributed by atoms with Gasteiger partial charge in [0.1, 0.15) is 6.33 Å². The summed E-state index contributed by atoms with van der Waals surface area (Å²) < 4.78 is 1.67. The number of rotatable bonds is 3. The summed E-state index contributed by atoms with van der Waals surface area (Å²) in [6.07, 6.45) is 4.81. The molecule has 102 valence electrons. The average molecular weight is 277 g/mol. The molecule has 0 spiro atoms. The first kappa shape index (κ1) is 12.7. The second-order valence-electron chi connectivity index (χ2n) is 4.33. The van der Waals surface area contributed by atoms with Gasteiger partial charge in [-0.3, -0.25) is 10.1 Å². The maximum atomic E-state index is 8.74. The van der Waals surface area contributed by atoms with E-state index in [4.69, 9.17) is 5.26 Å². The molecule has 0 bridgehead atoms. The Bertz CT molecular complexity index is 840. The van der Waals surface area contributed by atoms with Crippen molar-refractivity contribution in [3.8, 4) is 6.07 Å². The second kappa shape index (κ2) is 5.38. The summed E-state index contributed by atoms with van der Waals surface area (Å²) in [5.74, 6) is 0.595. The molecule has 0 aliphatic heterocycles. The number of benzene rings is 1. The van der Waals surface area contributed by atoms with E-state index in [1.807, 2.05) is 19.2 Å². The minimum atomic E-state index is 0.595. The molecule has 3 rings (SSSR count). The molecule has 0 saturated heterocycles. The average Bonchev–Trinajstić information content (AvgIpc) is 2.91. The van der Waals surface area contributed by atoms with Gasteiger partial charge in [-0.15, -0.1) is 0 Å². The predicted molar refractivity (Wildman–Crippen MR) is 78.7 cm³/mol. The molecule has 0 atom stereocenters. The number of anilines is 1. The SMILES string of the molecule is Cn1ncc2c(NN=Cc3ccc(C#N)cc3)ncnc21. The Labute approximate surface area is 120 Å². The Balaban J connectivity index is 1.79. The van der Waals surface area contributed by atoms with E-state index in [2.05, 4.69) is 31.7 Å². The highest BCUT2D eigenvalue weighted by Gasteiger charge is 2.06. The van der Waals surface area contributed by atoms with Crippen LogP contribution in [-0.2, 0) is 7.05 Å². The molecule has 7 nitrogen and oxygen atoms in total. The van der Waals surface area contributed by atoms with Crippen LogP contribution in [0.2, 0.25) is 0 Å². The maximum Gasteiger partial charge on any atom is 0.163 e. The normalized spacial score (nSPS) is 10.9. The highest BCUT2D eigenvalue weighted by molar-refractivity contribution is 5.87. The number of nitrogens with zero attached hydrogens (tertiary/aromatic N) is 6. The van der Waals surface area contributed by atoms with E-state index in [1.165, 1.54) is 6.33 Å². The zero-order chi connectivity index (χ0) is 14.7. The summed E-state index contributed by atoms with van der Waals surface area (Å²) >= 11 is 0. The van der Waals surface area contributed by atoms with Crippen molar-refractivity contribution < 1.29 is 0 Å². The minimum absolute atomic E-state index is 0.595. The van der Waals surface area contributed by atoms with Crippen LogP contribution >= 0.6 is 0 Å². The predicted octanol–water partition coefficient (Wildman–Crippen LogP) is 1.68. The van der Waals surface area contributed by atoms with Crippen LogP contribution < -0.4 is 5.43 Å². The van der Waals surface area contributed by atoms with Crippen LogP contribution in [-0.4, -0.2) is 26.0 Å². The summed E-state index contributed by atoms with van der Waals surface area (Å²) in [5.41, 5.74) is 5.12. The number of aromatic nitrogens is 4. The molecule has 0 aliphatic rings. The fourth-order valence-corrected chi connectivity index (χ4v) is 1.86. The van der Waals surface area contributed by atoms with Crippen molar-refractivity contribution in [2.45, 2.75) is 0 Å². The fourth-order valence-electron chi connectivity index (χ4n) is 1.86. The first-order chi connectivity index (χ1) is 10.3. The monoisotopic (exact) mass is 277 g/mol. The van der Waals surface area contributed by atoms with E-state index >= 15 is 0 Å². The van der Waals surface area contributed by atoms with Crippen LogP contribution in [0.5, 0.6) is 0 Å². The van der Waals surface area contributed by atoms with E-state index in [0.29, 0.717) is 11.4 Å². The molecular formula is C14H11N7. The molecule has 0 saturated carbocycles. The Morgan fingerprint density at radius 1 is 1.29 bits per heavy atom. The number of hydrazone groups is 1. The van der Waals surface area contributed by atoms with E-state index in [1.54, 1.807) is 29.2 Å².